The van der Waals surface area contributed by atoms with E-state index in [1.807, 2.05) is 24.3 Å². The number of carbonyl (C=O) groups excluding carboxylic acids is 1. The number of carboxylic acid groups (broad SMARTS) is 1. The van der Waals surface area contributed by atoms with Gasteiger partial charge in [0.25, 0.3) is 5.91 Å². The van der Waals surface area contributed by atoms with Crippen molar-refractivity contribution < 1.29 is 14.7 Å². The molecule has 9 heteroatoms. The Morgan fingerprint density at radius 2 is 1.96 bits per heavy atom. The number of benzene rings is 1. The number of nitrogens with one attached hydrogen (secondary N) is 1. The summed E-state index contributed by atoms with van der Waals surface area (Å²) in [6.07, 6.45) is 1.68. The van der Waals surface area contributed by atoms with E-state index in [9.17, 15) is 14.7 Å². The minimum absolute atomic E-state index is 0.0440. The van der Waals surface area contributed by atoms with Crippen LogP contribution >= 0.6 is 38.9 Å². The highest BCUT2D eigenvalue weighted by atomic mass is 79.9. The largest absolute Gasteiger partial charge is 0.478 e. The van der Waals surface area contributed by atoms with Crippen LogP contribution in [0.5, 0.6) is 0 Å². The van der Waals surface area contributed by atoms with E-state index in [1.54, 1.807) is 29.8 Å². The Bertz CT molecular complexity index is 1220. The fourth-order valence-electron chi connectivity index (χ4n) is 2.76. The molecule has 2 N–H and O–H groups in total. The highest BCUT2D eigenvalue weighted by Crippen LogP contribution is 2.36. The number of nitrogens with zero attached hydrogens (tertiary/aromatic N) is 2. The fraction of sp³-hybridized carbons (Fsp3) is 0. The Hall–Kier alpha value is -2.68. The number of halogens is 2. The summed E-state index contributed by atoms with van der Waals surface area (Å²) in [7, 11) is 0. The number of hydrogen-bond donors (Lipinski definition) is 2. The van der Waals surface area contributed by atoms with Crippen molar-refractivity contribution in [2.24, 2.45) is 0 Å². The monoisotopic (exact) mass is 475 g/mol. The number of pyridine rings is 1. The van der Waals surface area contributed by atoms with Crippen molar-refractivity contribution in [3.05, 3.63) is 74.8 Å². The summed E-state index contributed by atoms with van der Waals surface area (Å²) < 4.78 is 2.39. The molecule has 3 aromatic heterocycles. The number of hydrogen-bond acceptors (Lipinski definition) is 4. The molecule has 0 unspecified atom stereocenters. The van der Waals surface area contributed by atoms with E-state index in [2.05, 4.69) is 26.3 Å². The second-order valence-corrected chi connectivity index (χ2v) is 8.04. The van der Waals surface area contributed by atoms with Gasteiger partial charge in [0.05, 0.1) is 10.5 Å². The van der Waals surface area contributed by atoms with E-state index in [1.165, 1.54) is 4.52 Å². The average Bonchev–Trinajstić information content (AvgIpc) is 3.27. The van der Waals surface area contributed by atoms with Crippen molar-refractivity contribution in [2.45, 2.75) is 0 Å². The Morgan fingerprint density at radius 3 is 2.64 bits per heavy atom. The lowest BCUT2D eigenvalue weighted by atomic mass is 10.0. The molecule has 6 nitrogen and oxygen atoms in total. The van der Waals surface area contributed by atoms with Crippen molar-refractivity contribution in [3.8, 4) is 11.1 Å². The van der Waals surface area contributed by atoms with Gasteiger partial charge in [-0.1, -0.05) is 39.7 Å². The van der Waals surface area contributed by atoms with Gasteiger partial charge in [-0.3, -0.25) is 4.79 Å². The molecule has 0 saturated heterocycles. The normalized spacial score (nSPS) is 10.9. The third-order valence-electron chi connectivity index (χ3n) is 4.07. The zero-order valence-electron chi connectivity index (χ0n) is 14.0. The quantitative estimate of drug-likeness (QED) is 0.411. The van der Waals surface area contributed by atoms with Gasteiger partial charge in [-0.2, -0.15) is 5.10 Å². The van der Waals surface area contributed by atoms with E-state index in [-0.39, 0.29) is 16.3 Å². The molecule has 140 valence electrons. The van der Waals surface area contributed by atoms with Crippen LogP contribution in [0.4, 0.5) is 5.00 Å². The second-order valence-electron chi connectivity index (χ2n) is 5.84. The molecule has 28 heavy (non-hydrogen) atoms. The molecule has 4 rings (SSSR count). The maximum absolute atomic E-state index is 12.6. The van der Waals surface area contributed by atoms with Crippen LogP contribution in [0.1, 0.15) is 20.8 Å². The van der Waals surface area contributed by atoms with Crippen LogP contribution in [0.15, 0.2) is 58.5 Å². The molecule has 0 aliphatic rings. The maximum atomic E-state index is 12.6. The summed E-state index contributed by atoms with van der Waals surface area (Å²) >= 11 is 10.6. The second kappa shape index (κ2) is 7.38. The van der Waals surface area contributed by atoms with Crippen molar-refractivity contribution in [2.75, 3.05) is 5.32 Å². The SMILES string of the molecule is O=C(Nc1scc(-c2ccc(Br)cc2)c1C(=O)O)c1cc2c(Cl)cccn2n1. The first-order valence-electron chi connectivity index (χ1n) is 8.00. The van der Waals surface area contributed by atoms with E-state index >= 15 is 0 Å². The van der Waals surface area contributed by atoms with Gasteiger partial charge in [0.1, 0.15) is 10.6 Å². The van der Waals surface area contributed by atoms with E-state index in [0.29, 0.717) is 16.1 Å². The lowest BCUT2D eigenvalue weighted by Gasteiger charge is -2.05. The molecule has 1 aromatic carbocycles. The van der Waals surface area contributed by atoms with Crippen LogP contribution in [0.2, 0.25) is 5.02 Å². The van der Waals surface area contributed by atoms with Gasteiger partial charge in [0.15, 0.2) is 5.69 Å². The molecule has 1 amide bonds. The molecule has 0 saturated carbocycles. The molecule has 0 spiro atoms. The van der Waals surface area contributed by atoms with E-state index in [4.69, 9.17) is 11.6 Å². The number of aromatic nitrogens is 2. The lowest BCUT2D eigenvalue weighted by molar-refractivity contribution is 0.0699. The predicted molar refractivity (Wildman–Crippen MR) is 113 cm³/mol. The Labute approximate surface area is 176 Å². The van der Waals surface area contributed by atoms with Gasteiger partial charge in [0.2, 0.25) is 0 Å². The smallest absolute Gasteiger partial charge is 0.339 e. The van der Waals surface area contributed by atoms with Gasteiger partial charge < -0.3 is 10.4 Å². The van der Waals surface area contributed by atoms with Crippen LogP contribution in [0.3, 0.4) is 0 Å². The molecule has 3 heterocycles. The zero-order valence-corrected chi connectivity index (χ0v) is 17.2. The lowest BCUT2D eigenvalue weighted by Crippen LogP contribution is -2.14. The molecular formula is C19H11BrClN3O3S. The number of rotatable bonds is 4. The van der Waals surface area contributed by atoms with E-state index in [0.717, 1.165) is 21.4 Å². The third-order valence-corrected chi connectivity index (χ3v) is 5.81. The highest BCUT2D eigenvalue weighted by Gasteiger charge is 2.22. The third kappa shape index (κ3) is 3.42. The summed E-state index contributed by atoms with van der Waals surface area (Å²) in [4.78, 5) is 24.5. The number of amides is 1. The summed E-state index contributed by atoms with van der Waals surface area (Å²) in [5.41, 5.74) is 2.07. The van der Waals surface area contributed by atoms with Gasteiger partial charge in [-0.05, 0) is 35.9 Å². The number of aromatic carboxylic acids is 1. The first kappa shape index (κ1) is 18.7. The average molecular weight is 477 g/mol. The van der Waals surface area contributed by atoms with Crippen molar-refractivity contribution in [1.82, 2.24) is 9.61 Å². The predicted octanol–water partition coefficient (Wildman–Crippen LogP) is 5.43. The van der Waals surface area contributed by atoms with Crippen molar-refractivity contribution in [1.29, 1.82) is 0 Å². The van der Waals surface area contributed by atoms with Crippen LogP contribution in [0, 0.1) is 0 Å². The summed E-state index contributed by atoms with van der Waals surface area (Å²) in [5, 5.41) is 19.0. The maximum Gasteiger partial charge on any atom is 0.339 e. The van der Waals surface area contributed by atoms with Crippen LogP contribution in [-0.2, 0) is 0 Å². The summed E-state index contributed by atoms with van der Waals surface area (Å²) in [6, 6.07) is 12.3. The number of fused-ring (bicyclic) bond motifs is 1. The fourth-order valence-corrected chi connectivity index (χ4v) is 4.20. The molecule has 0 aliphatic heterocycles. The molecule has 0 bridgehead atoms. The molecule has 0 aliphatic carbocycles. The molecule has 0 atom stereocenters. The van der Waals surface area contributed by atoms with Gasteiger partial charge in [-0.25, -0.2) is 9.31 Å². The molecule has 0 radical (unpaired) electrons. The number of thiophene rings is 1. The van der Waals surface area contributed by atoms with Gasteiger partial charge in [0, 0.05) is 21.6 Å². The number of carbonyl (C=O) groups is 2. The Balaban J connectivity index is 1.69. The topological polar surface area (TPSA) is 83.7 Å². The van der Waals surface area contributed by atoms with Crippen LogP contribution < -0.4 is 5.32 Å². The van der Waals surface area contributed by atoms with Crippen molar-refractivity contribution in [3.63, 3.8) is 0 Å². The Kier molecular flexibility index (Phi) is 4.92. The molecule has 4 aromatic rings. The summed E-state index contributed by atoms with van der Waals surface area (Å²) in [5.74, 6) is -1.63. The zero-order chi connectivity index (χ0) is 19.8. The van der Waals surface area contributed by atoms with Crippen LogP contribution in [-0.4, -0.2) is 26.6 Å². The first-order chi connectivity index (χ1) is 13.4. The Morgan fingerprint density at radius 1 is 1.21 bits per heavy atom. The van der Waals surface area contributed by atoms with Gasteiger partial charge >= 0.3 is 5.97 Å². The van der Waals surface area contributed by atoms with E-state index < -0.39 is 11.9 Å². The number of carboxylic acids is 1. The molecule has 0 fully saturated rings. The van der Waals surface area contributed by atoms with Crippen molar-refractivity contribution >= 4 is 61.3 Å². The highest BCUT2D eigenvalue weighted by molar-refractivity contribution is 9.10. The standard InChI is InChI=1S/C19H11BrClN3O3S/c20-11-5-3-10(4-6-11)12-9-28-18(16(12)19(26)27)22-17(25)14-8-15-13(21)2-1-7-24(15)23-14/h1-9H,(H,22,25)(H,26,27). The minimum Gasteiger partial charge on any atom is -0.478 e. The summed E-state index contributed by atoms with van der Waals surface area (Å²) in [6.45, 7) is 0. The molecular weight excluding hydrogens is 466 g/mol. The van der Waals surface area contributed by atoms with Crippen LogP contribution in [0.25, 0.3) is 16.6 Å². The van der Waals surface area contributed by atoms with Gasteiger partial charge in [-0.15, -0.1) is 11.3 Å². The minimum atomic E-state index is -1.12. The number of anilines is 1. The first-order valence-corrected chi connectivity index (χ1v) is 10.0.